The highest BCUT2D eigenvalue weighted by atomic mass is 32.2. The molecular weight excluding hydrogens is 256 g/mol. The van der Waals surface area contributed by atoms with Crippen molar-refractivity contribution in [3.63, 3.8) is 0 Å². The summed E-state index contributed by atoms with van der Waals surface area (Å²) >= 11 is 1.58. The van der Waals surface area contributed by atoms with Gasteiger partial charge >= 0.3 is 0 Å². The lowest BCUT2D eigenvalue weighted by Crippen LogP contribution is -2.19. The Bertz CT molecular complexity index is 524. The second-order valence-electron chi connectivity index (χ2n) is 4.57. The van der Waals surface area contributed by atoms with E-state index in [1.165, 1.54) is 10.5 Å². The Morgan fingerprint density at radius 3 is 2.84 bits per heavy atom. The zero-order valence-corrected chi connectivity index (χ0v) is 12.5. The number of nitrogens with zero attached hydrogens (tertiary/aromatic N) is 1. The molecule has 3 nitrogen and oxygen atoms in total. The van der Waals surface area contributed by atoms with E-state index in [0.29, 0.717) is 11.3 Å². The lowest BCUT2D eigenvalue weighted by atomic mass is 10.1. The Balaban J connectivity index is 2.16. The topological polar surface area (TPSA) is 38.1 Å². The van der Waals surface area contributed by atoms with Crippen LogP contribution >= 0.6 is 11.8 Å². The molecule has 1 N–H and O–H groups in total. The molecule has 2 rings (SSSR count). The van der Waals surface area contributed by atoms with Gasteiger partial charge in [0, 0.05) is 10.9 Å². The quantitative estimate of drug-likeness (QED) is 0.858. The van der Waals surface area contributed by atoms with Gasteiger partial charge in [-0.25, -0.2) is 4.98 Å². The molecule has 0 fully saturated rings. The van der Waals surface area contributed by atoms with Crippen molar-refractivity contribution in [1.29, 1.82) is 0 Å². The second kappa shape index (κ2) is 6.78. The Morgan fingerprint density at radius 1 is 1.37 bits per heavy atom. The fourth-order valence-corrected chi connectivity index (χ4v) is 2.86. The second-order valence-corrected chi connectivity index (χ2v) is 5.56. The average molecular weight is 276 g/mol. The van der Waals surface area contributed by atoms with Crippen LogP contribution < -0.4 is 5.32 Å². The number of hydrogen-bond donors (Lipinski definition) is 1. The molecule has 102 valence electrons. The van der Waals surface area contributed by atoms with Crippen LogP contribution in [0.3, 0.4) is 0 Å². The first-order chi connectivity index (χ1) is 9.20. The highest BCUT2D eigenvalue weighted by Crippen LogP contribution is 2.32. The Morgan fingerprint density at radius 2 is 2.16 bits per heavy atom. The van der Waals surface area contributed by atoms with Crippen LogP contribution in [0.1, 0.15) is 37.6 Å². The summed E-state index contributed by atoms with van der Waals surface area (Å²) in [4.78, 5) is 5.54. The van der Waals surface area contributed by atoms with Crippen LogP contribution in [0.2, 0.25) is 0 Å². The maximum atomic E-state index is 5.42. The molecule has 1 heterocycles. The van der Waals surface area contributed by atoms with Crippen LogP contribution in [-0.2, 0) is 0 Å². The molecule has 19 heavy (non-hydrogen) atoms. The minimum atomic E-state index is 0.333. The first-order valence-corrected chi connectivity index (χ1v) is 7.44. The van der Waals surface area contributed by atoms with E-state index < -0.39 is 0 Å². The smallest absolute Gasteiger partial charge is 0.260 e. The molecule has 0 aliphatic carbocycles. The average Bonchev–Trinajstić information content (AvgIpc) is 2.82. The van der Waals surface area contributed by atoms with E-state index in [2.05, 4.69) is 42.3 Å². The van der Waals surface area contributed by atoms with Crippen molar-refractivity contribution >= 4 is 11.8 Å². The molecule has 0 saturated heterocycles. The lowest BCUT2D eigenvalue weighted by Gasteiger charge is -2.16. The number of aryl methyl sites for hydroxylation is 1. The van der Waals surface area contributed by atoms with Gasteiger partial charge in [0.15, 0.2) is 0 Å². The highest BCUT2D eigenvalue weighted by molar-refractivity contribution is 7.99. The van der Waals surface area contributed by atoms with Crippen LogP contribution in [0.4, 0.5) is 0 Å². The third-order valence-electron chi connectivity index (χ3n) is 2.88. The van der Waals surface area contributed by atoms with Crippen molar-refractivity contribution in [1.82, 2.24) is 10.3 Å². The predicted octanol–water partition coefficient (Wildman–Crippen LogP) is 4.19. The highest BCUT2D eigenvalue weighted by Gasteiger charge is 2.12. The van der Waals surface area contributed by atoms with E-state index in [4.69, 9.17) is 4.42 Å². The van der Waals surface area contributed by atoms with E-state index in [1.807, 2.05) is 13.0 Å². The minimum Gasteiger partial charge on any atom is -0.439 e. The van der Waals surface area contributed by atoms with Crippen LogP contribution in [0.25, 0.3) is 0 Å². The van der Waals surface area contributed by atoms with E-state index in [9.17, 15) is 0 Å². The molecule has 0 aliphatic rings. The van der Waals surface area contributed by atoms with Gasteiger partial charge in [-0.15, -0.1) is 0 Å². The van der Waals surface area contributed by atoms with E-state index in [0.717, 1.165) is 18.7 Å². The molecule has 1 unspecified atom stereocenters. The van der Waals surface area contributed by atoms with Gasteiger partial charge in [-0.3, -0.25) is 0 Å². The molecule has 2 aromatic rings. The largest absolute Gasteiger partial charge is 0.439 e. The number of nitrogens with one attached hydrogen (secondary N) is 1. The zero-order valence-electron chi connectivity index (χ0n) is 11.6. The number of oxazole rings is 1. The van der Waals surface area contributed by atoms with Crippen LogP contribution in [-0.4, -0.2) is 11.5 Å². The van der Waals surface area contributed by atoms with Gasteiger partial charge in [0.25, 0.3) is 5.22 Å². The van der Waals surface area contributed by atoms with Gasteiger partial charge in [0.1, 0.15) is 6.26 Å². The van der Waals surface area contributed by atoms with E-state index in [1.54, 1.807) is 18.0 Å². The fraction of sp³-hybridized carbons (Fsp3) is 0.400. The molecular formula is C15H20N2OS. The summed E-state index contributed by atoms with van der Waals surface area (Å²) in [5, 5.41) is 4.22. The standard InChI is InChI=1S/C15H20N2OS/c1-4-9-16-12(3)13-7-5-6-8-14(13)19-15-17-11(2)10-18-15/h5-8,10,12,16H,4,9H2,1-3H3. The molecule has 0 radical (unpaired) electrons. The van der Waals surface area contributed by atoms with Crippen LogP contribution in [0, 0.1) is 6.92 Å². The summed E-state index contributed by atoms with van der Waals surface area (Å²) in [5.74, 6) is 0. The molecule has 0 saturated carbocycles. The first kappa shape index (κ1) is 14.2. The predicted molar refractivity (Wildman–Crippen MR) is 78.5 cm³/mol. The summed E-state index contributed by atoms with van der Waals surface area (Å²) in [6.45, 7) is 7.33. The normalized spacial score (nSPS) is 12.6. The summed E-state index contributed by atoms with van der Waals surface area (Å²) in [5.41, 5.74) is 2.20. The third-order valence-corrected chi connectivity index (χ3v) is 3.84. The lowest BCUT2D eigenvalue weighted by molar-refractivity contribution is 0.454. The Labute approximate surface area is 118 Å². The minimum absolute atomic E-state index is 0.333. The summed E-state index contributed by atoms with van der Waals surface area (Å²) in [6.07, 6.45) is 2.82. The van der Waals surface area contributed by atoms with Crippen molar-refractivity contribution in [3.8, 4) is 0 Å². The molecule has 0 aliphatic heterocycles. The Kier molecular flexibility index (Phi) is 5.05. The fourth-order valence-electron chi connectivity index (χ4n) is 1.88. The van der Waals surface area contributed by atoms with Gasteiger partial charge in [-0.05, 0) is 50.2 Å². The summed E-state index contributed by atoms with van der Waals surface area (Å²) < 4.78 is 5.42. The van der Waals surface area contributed by atoms with Crippen molar-refractivity contribution < 1.29 is 4.42 Å². The van der Waals surface area contributed by atoms with Crippen molar-refractivity contribution in [3.05, 3.63) is 41.8 Å². The molecule has 1 aromatic heterocycles. The number of benzene rings is 1. The van der Waals surface area contributed by atoms with Gasteiger partial charge in [-0.1, -0.05) is 25.1 Å². The number of rotatable bonds is 6. The van der Waals surface area contributed by atoms with Crippen molar-refractivity contribution in [2.75, 3.05) is 6.54 Å². The molecule has 4 heteroatoms. The zero-order chi connectivity index (χ0) is 13.7. The van der Waals surface area contributed by atoms with Gasteiger partial charge < -0.3 is 9.73 Å². The monoisotopic (exact) mass is 276 g/mol. The van der Waals surface area contributed by atoms with Crippen molar-refractivity contribution in [2.45, 2.75) is 43.4 Å². The van der Waals surface area contributed by atoms with Gasteiger partial charge in [0.2, 0.25) is 0 Å². The van der Waals surface area contributed by atoms with Crippen LogP contribution in [0.5, 0.6) is 0 Å². The third kappa shape index (κ3) is 3.85. The van der Waals surface area contributed by atoms with Gasteiger partial charge in [-0.2, -0.15) is 0 Å². The van der Waals surface area contributed by atoms with Crippen molar-refractivity contribution in [2.24, 2.45) is 0 Å². The SMILES string of the molecule is CCCNC(C)c1ccccc1Sc1nc(C)co1. The summed E-state index contributed by atoms with van der Waals surface area (Å²) in [6, 6.07) is 8.73. The first-order valence-electron chi connectivity index (χ1n) is 6.63. The number of aromatic nitrogens is 1. The molecule has 0 amide bonds. The molecule has 1 atom stereocenters. The summed E-state index contributed by atoms with van der Waals surface area (Å²) in [7, 11) is 0. The molecule has 0 bridgehead atoms. The molecule has 0 spiro atoms. The maximum Gasteiger partial charge on any atom is 0.260 e. The Hall–Kier alpha value is -1.26. The maximum absolute atomic E-state index is 5.42. The van der Waals surface area contributed by atoms with Gasteiger partial charge in [0.05, 0.1) is 5.69 Å². The number of hydrogen-bond acceptors (Lipinski definition) is 4. The van der Waals surface area contributed by atoms with E-state index >= 15 is 0 Å². The van der Waals surface area contributed by atoms with E-state index in [-0.39, 0.29) is 0 Å². The molecule has 1 aromatic carbocycles. The van der Waals surface area contributed by atoms with Crippen LogP contribution in [0.15, 0.2) is 45.1 Å².